The summed E-state index contributed by atoms with van der Waals surface area (Å²) >= 11 is 0. The number of benzene rings is 1. The van der Waals surface area contributed by atoms with Gasteiger partial charge in [-0.2, -0.15) is 13.2 Å². The molecular weight excluding hydrogens is 387 g/mol. The summed E-state index contributed by atoms with van der Waals surface area (Å²) in [6, 6.07) is 5.93. The molecule has 30 heavy (non-hydrogen) atoms. The smallest absolute Gasteiger partial charge is 0.386 e. The summed E-state index contributed by atoms with van der Waals surface area (Å²) in [7, 11) is 0. The first-order chi connectivity index (χ1) is 14.3. The van der Waals surface area contributed by atoms with Gasteiger partial charge in [0.1, 0.15) is 5.84 Å². The molecule has 2 unspecified atom stereocenters. The van der Waals surface area contributed by atoms with Crippen molar-refractivity contribution in [3.8, 4) is 0 Å². The van der Waals surface area contributed by atoms with Crippen LogP contribution in [0.15, 0.2) is 41.5 Å². The molecule has 2 saturated carbocycles. The lowest BCUT2D eigenvalue weighted by Crippen LogP contribution is -2.36. The van der Waals surface area contributed by atoms with Gasteiger partial charge in [-0.3, -0.25) is 4.99 Å². The number of aliphatic imine (C=N–C) groups is 1. The molecule has 1 aromatic carbocycles. The van der Waals surface area contributed by atoms with Gasteiger partial charge in [0.05, 0.1) is 17.6 Å². The quantitative estimate of drug-likeness (QED) is 0.615. The molecular formula is C24H32F3N3. The Hall–Kier alpha value is -1.98. The Bertz CT molecular complexity index is 787. The van der Waals surface area contributed by atoms with E-state index >= 15 is 0 Å². The van der Waals surface area contributed by atoms with E-state index in [9.17, 15) is 13.2 Å². The van der Waals surface area contributed by atoms with Gasteiger partial charge in [0.25, 0.3) is 0 Å². The summed E-state index contributed by atoms with van der Waals surface area (Å²) in [5, 5.41) is 7.12. The molecule has 6 heteroatoms. The SMILES string of the molecule is C=C(NC1CCCC1)C1CCC(C2=NC(c3cccc(C(F)(F)F)c3)C(C)N2)CC1. The summed E-state index contributed by atoms with van der Waals surface area (Å²) in [5.41, 5.74) is 1.21. The van der Waals surface area contributed by atoms with Crippen molar-refractivity contribution in [2.75, 3.05) is 0 Å². The molecule has 0 aromatic heterocycles. The normalized spacial score (nSPS) is 30.1. The highest BCUT2D eigenvalue weighted by Gasteiger charge is 2.35. The topological polar surface area (TPSA) is 36.4 Å². The maximum atomic E-state index is 13.1. The molecule has 1 aromatic rings. The fourth-order valence-corrected chi connectivity index (χ4v) is 5.26. The van der Waals surface area contributed by atoms with Crippen LogP contribution >= 0.6 is 0 Å². The van der Waals surface area contributed by atoms with Crippen molar-refractivity contribution < 1.29 is 13.2 Å². The number of alkyl halides is 3. The van der Waals surface area contributed by atoms with Gasteiger partial charge in [-0.1, -0.05) is 31.6 Å². The summed E-state index contributed by atoms with van der Waals surface area (Å²) in [6.07, 6.45) is 5.08. The number of rotatable bonds is 5. The highest BCUT2D eigenvalue weighted by molar-refractivity contribution is 5.87. The minimum atomic E-state index is -4.33. The van der Waals surface area contributed by atoms with Crippen LogP contribution in [0.2, 0.25) is 0 Å². The molecule has 0 amide bonds. The summed E-state index contributed by atoms with van der Waals surface area (Å²) in [5.74, 6) is 1.84. The Morgan fingerprint density at radius 1 is 1.10 bits per heavy atom. The van der Waals surface area contributed by atoms with Crippen molar-refractivity contribution in [2.24, 2.45) is 16.8 Å². The third-order valence-electron chi connectivity index (χ3n) is 7.03. The van der Waals surface area contributed by atoms with Gasteiger partial charge in [-0.15, -0.1) is 0 Å². The standard InChI is InChI=1S/C24H32F3N3/c1-15(28-21-8-3-4-9-21)17-10-12-18(13-11-17)23-29-16(2)22(30-23)19-6-5-7-20(14-19)24(25,26)27/h5-7,14,16-18,21-22,28H,1,3-4,8-13H2,2H3,(H,29,30). The second kappa shape index (κ2) is 8.64. The van der Waals surface area contributed by atoms with Crippen LogP contribution in [0, 0.1) is 11.8 Å². The van der Waals surface area contributed by atoms with Crippen molar-refractivity contribution in [1.82, 2.24) is 10.6 Å². The van der Waals surface area contributed by atoms with Crippen molar-refractivity contribution in [3.05, 3.63) is 47.7 Å². The summed E-state index contributed by atoms with van der Waals surface area (Å²) in [4.78, 5) is 4.84. The zero-order valence-corrected chi connectivity index (χ0v) is 17.6. The van der Waals surface area contributed by atoms with Gasteiger partial charge >= 0.3 is 6.18 Å². The molecule has 2 aliphatic carbocycles. The van der Waals surface area contributed by atoms with Gasteiger partial charge in [-0.05, 0) is 69.1 Å². The number of hydrogen-bond donors (Lipinski definition) is 2. The van der Waals surface area contributed by atoms with Crippen molar-refractivity contribution >= 4 is 5.84 Å². The third kappa shape index (κ3) is 4.68. The van der Waals surface area contributed by atoms with E-state index in [1.54, 1.807) is 6.07 Å². The summed E-state index contributed by atoms with van der Waals surface area (Å²) < 4.78 is 39.3. The molecule has 0 spiro atoms. The maximum Gasteiger partial charge on any atom is 0.416 e. The van der Waals surface area contributed by atoms with E-state index in [4.69, 9.17) is 4.99 Å². The minimum absolute atomic E-state index is 0.000190. The first-order valence-corrected chi connectivity index (χ1v) is 11.3. The van der Waals surface area contributed by atoms with E-state index in [-0.39, 0.29) is 12.1 Å². The Morgan fingerprint density at radius 3 is 2.47 bits per heavy atom. The van der Waals surface area contributed by atoms with Crippen molar-refractivity contribution in [3.63, 3.8) is 0 Å². The lowest BCUT2D eigenvalue weighted by Gasteiger charge is -2.31. The predicted octanol–water partition coefficient (Wildman–Crippen LogP) is 5.99. The van der Waals surface area contributed by atoms with Crippen molar-refractivity contribution in [2.45, 2.75) is 82.6 Å². The average molecular weight is 420 g/mol. The predicted molar refractivity (Wildman–Crippen MR) is 114 cm³/mol. The summed E-state index contributed by atoms with van der Waals surface area (Å²) in [6.45, 7) is 6.31. The van der Waals surface area contributed by atoms with Crippen LogP contribution in [0.5, 0.6) is 0 Å². The highest BCUT2D eigenvalue weighted by atomic mass is 19.4. The number of halogens is 3. The molecule has 2 N–H and O–H groups in total. The number of hydrogen-bond acceptors (Lipinski definition) is 3. The minimum Gasteiger partial charge on any atom is -0.386 e. The fourth-order valence-electron chi connectivity index (χ4n) is 5.26. The number of nitrogens with zero attached hydrogens (tertiary/aromatic N) is 1. The highest BCUT2D eigenvalue weighted by Crippen LogP contribution is 2.37. The third-order valence-corrected chi connectivity index (χ3v) is 7.03. The molecule has 3 aliphatic rings. The van der Waals surface area contributed by atoms with Gasteiger partial charge < -0.3 is 10.6 Å². The van der Waals surface area contributed by atoms with Crippen LogP contribution in [-0.2, 0) is 6.18 Å². The van der Waals surface area contributed by atoms with Crippen molar-refractivity contribution in [1.29, 1.82) is 0 Å². The molecule has 4 rings (SSSR count). The number of amidine groups is 1. The lowest BCUT2D eigenvalue weighted by molar-refractivity contribution is -0.137. The molecule has 1 heterocycles. The zero-order valence-electron chi connectivity index (χ0n) is 17.6. The van der Waals surface area contributed by atoms with E-state index in [0.717, 1.165) is 37.6 Å². The Balaban J connectivity index is 1.37. The maximum absolute atomic E-state index is 13.1. The van der Waals surface area contributed by atoms with E-state index in [0.29, 0.717) is 23.4 Å². The Morgan fingerprint density at radius 2 is 1.80 bits per heavy atom. The molecule has 1 aliphatic heterocycles. The van der Waals surface area contributed by atoms with Gasteiger partial charge in [0, 0.05) is 17.7 Å². The second-order valence-electron chi connectivity index (χ2n) is 9.21. The van der Waals surface area contributed by atoms with E-state index < -0.39 is 11.7 Å². The number of nitrogens with one attached hydrogen (secondary N) is 2. The zero-order chi connectivity index (χ0) is 21.3. The van der Waals surface area contributed by atoms with Crippen LogP contribution in [0.3, 0.4) is 0 Å². The second-order valence-corrected chi connectivity index (χ2v) is 9.21. The largest absolute Gasteiger partial charge is 0.416 e. The molecule has 0 saturated heterocycles. The van der Waals surface area contributed by atoms with Gasteiger partial charge in [0.15, 0.2) is 0 Å². The molecule has 164 valence electrons. The lowest BCUT2D eigenvalue weighted by atomic mass is 9.80. The first kappa shape index (κ1) is 21.3. The van der Waals surface area contributed by atoms with E-state index in [2.05, 4.69) is 17.2 Å². The monoisotopic (exact) mass is 419 g/mol. The van der Waals surface area contributed by atoms with E-state index in [1.807, 2.05) is 6.92 Å². The molecule has 2 atom stereocenters. The van der Waals surface area contributed by atoms with Crippen LogP contribution in [-0.4, -0.2) is 17.9 Å². The Kier molecular flexibility index (Phi) is 6.12. The molecule has 0 radical (unpaired) electrons. The van der Waals surface area contributed by atoms with Gasteiger partial charge in [-0.25, -0.2) is 0 Å². The fraction of sp³-hybridized carbons (Fsp3) is 0.625. The first-order valence-electron chi connectivity index (χ1n) is 11.3. The van der Waals surface area contributed by atoms with Gasteiger partial charge in [0.2, 0.25) is 0 Å². The average Bonchev–Trinajstić information content (AvgIpc) is 3.37. The number of allylic oxidation sites excluding steroid dienone is 1. The Labute approximate surface area is 177 Å². The van der Waals surface area contributed by atoms with Crippen LogP contribution in [0.1, 0.15) is 75.5 Å². The van der Waals surface area contributed by atoms with Crippen LogP contribution < -0.4 is 10.6 Å². The van der Waals surface area contributed by atoms with Crippen LogP contribution in [0.4, 0.5) is 13.2 Å². The van der Waals surface area contributed by atoms with E-state index in [1.165, 1.54) is 43.5 Å². The van der Waals surface area contributed by atoms with Crippen LogP contribution in [0.25, 0.3) is 0 Å². The molecule has 2 fully saturated rings. The molecule has 3 nitrogen and oxygen atoms in total. The molecule has 0 bridgehead atoms.